The topological polar surface area (TPSA) is 103 Å². The number of carbonyl (C=O) groups is 2. The van der Waals surface area contributed by atoms with Crippen molar-refractivity contribution < 1.29 is 24.5 Å². The zero-order valence-electron chi connectivity index (χ0n) is 19.4. The van der Waals surface area contributed by atoms with E-state index in [4.69, 9.17) is 4.74 Å². The van der Waals surface area contributed by atoms with Gasteiger partial charge in [-0.2, -0.15) is 0 Å². The van der Waals surface area contributed by atoms with Crippen LogP contribution in [-0.4, -0.2) is 45.4 Å². The lowest BCUT2D eigenvalue weighted by Crippen LogP contribution is -2.31. The van der Waals surface area contributed by atoms with Gasteiger partial charge in [-0.1, -0.05) is 52.3 Å². The molecule has 4 aromatic rings. The summed E-state index contributed by atoms with van der Waals surface area (Å²) in [5.74, 6) is -1.56. The highest BCUT2D eigenvalue weighted by Gasteiger charge is 2.46. The van der Waals surface area contributed by atoms with Crippen LogP contribution in [0.3, 0.4) is 0 Å². The molecule has 1 aliphatic heterocycles. The first-order chi connectivity index (χ1) is 17.4. The molecule has 3 aromatic carbocycles. The number of aromatic hydroxyl groups is 1. The fourth-order valence-corrected chi connectivity index (χ4v) is 4.93. The number of ether oxygens (including phenoxy) is 1. The summed E-state index contributed by atoms with van der Waals surface area (Å²) in [6, 6.07) is 18.5. The van der Waals surface area contributed by atoms with E-state index in [9.17, 15) is 19.8 Å². The van der Waals surface area contributed by atoms with Crippen molar-refractivity contribution >= 4 is 44.3 Å². The molecule has 36 heavy (non-hydrogen) atoms. The zero-order chi connectivity index (χ0) is 25.4. The maximum absolute atomic E-state index is 13.3. The zero-order valence-corrected chi connectivity index (χ0v) is 21.0. The van der Waals surface area contributed by atoms with Gasteiger partial charge < -0.3 is 24.8 Å². The van der Waals surface area contributed by atoms with Crippen molar-refractivity contribution in [1.82, 2.24) is 9.88 Å². The van der Waals surface area contributed by atoms with Gasteiger partial charge in [0.05, 0.1) is 18.7 Å². The van der Waals surface area contributed by atoms with Gasteiger partial charge in [0, 0.05) is 33.7 Å². The fourth-order valence-electron chi connectivity index (χ4n) is 4.66. The minimum Gasteiger partial charge on any atom is -0.507 e. The van der Waals surface area contributed by atoms with E-state index < -0.39 is 17.7 Å². The van der Waals surface area contributed by atoms with Crippen molar-refractivity contribution in [3.63, 3.8) is 0 Å². The second-order valence-corrected chi connectivity index (χ2v) is 9.46. The number of aliphatic hydroxyl groups excluding tert-OH is 1. The van der Waals surface area contributed by atoms with E-state index in [1.54, 1.807) is 36.4 Å². The monoisotopic (exact) mass is 546 g/mol. The van der Waals surface area contributed by atoms with E-state index in [1.807, 2.05) is 30.5 Å². The lowest BCUT2D eigenvalue weighted by molar-refractivity contribution is -0.139. The van der Waals surface area contributed by atoms with Gasteiger partial charge in [-0.25, -0.2) is 0 Å². The molecule has 7 nitrogen and oxygen atoms in total. The third-order valence-electron chi connectivity index (χ3n) is 6.47. The van der Waals surface area contributed by atoms with Crippen molar-refractivity contribution in [2.45, 2.75) is 12.5 Å². The smallest absolute Gasteiger partial charge is 0.295 e. The van der Waals surface area contributed by atoms with Gasteiger partial charge in [0.15, 0.2) is 11.5 Å². The Kier molecular flexibility index (Phi) is 6.28. The van der Waals surface area contributed by atoms with Crippen LogP contribution in [0.4, 0.5) is 0 Å². The molecule has 0 bridgehead atoms. The first kappa shape index (κ1) is 23.7. The van der Waals surface area contributed by atoms with Crippen molar-refractivity contribution in [3.05, 3.63) is 99.7 Å². The average molecular weight is 547 g/mol. The number of methoxy groups -OCH3 is 1. The Labute approximate surface area is 215 Å². The molecule has 1 amide bonds. The molecule has 0 spiro atoms. The SMILES string of the molecule is COc1cc([C@@H]2C(=C(O)c3ccc(Br)cc3)C(=O)C(=O)N2CCc2c[nH]c3ccccc23)ccc1O. The fraction of sp³-hybridized carbons (Fsp3) is 0.143. The number of H-pyrrole nitrogens is 1. The van der Waals surface area contributed by atoms with E-state index in [1.165, 1.54) is 18.1 Å². The normalized spacial score (nSPS) is 17.2. The van der Waals surface area contributed by atoms with Gasteiger partial charge in [-0.15, -0.1) is 0 Å². The number of halogens is 1. The number of nitrogens with one attached hydrogen (secondary N) is 1. The standard InChI is InChI=1S/C28H23BrN2O5/c1-36-23-14-17(8-11-22(23)32)25-24(26(33)16-6-9-19(29)10-7-16)27(34)28(35)31(25)13-12-18-15-30-21-5-3-2-4-20(18)21/h2-11,14-15,25,30,32-33H,12-13H2,1H3/t25-/m1/s1. The molecule has 1 saturated heterocycles. The number of para-hydroxylation sites is 1. The van der Waals surface area contributed by atoms with Crippen LogP contribution >= 0.6 is 15.9 Å². The number of aliphatic hydroxyl groups is 1. The summed E-state index contributed by atoms with van der Waals surface area (Å²) >= 11 is 3.37. The number of hydrogen-bond acceptors (Lipinski definition) is 5. The molecule has 0 unspecified atom stereocenters. The molecule has 1 fully saturated rings. The first-order valence-electron chi connectivity index (χ1n) is 11.3. The van der Waals surface area contributed by atoms with E-state index in [0.29, 0.717) is 17.5 Å². The lowest BCUT2D eigenvalue weighted by Gasteiger charge is -2.25. The molecule has 0 saturated carbocycles. The molecule has 182 valence electrons. The molecule has 3 N–H and O–H groups in total. The largest absolute Gasteiger partial charge is 0.507 e. The first-order valence-corrected chi connectivity index (χ1v) is 12.1. The number of phenolic OH excluding ortho intramolecular Hbond substituents is 1. The molecule has 2 heterocycles. The van der Waals surface area contributed by atoms with Crippen LogP contribution in [0, 0.1) is 0 Å². The maximum atomic E-state index is 13.3. The predicted molar refractivity (Wildman–Crippen MR) is 140 cm³/mol. The number of hydrogen-bond donors (Lipinski definition) is 3. The molecular formula is C28H23BrN2O5. The number of aromatic nitrogens is 1. The van der Waals surface area contributed by atoms with E-state index in [0.717, 1.165) is 20.9 Å². The summed E-state index contributed by atoms with van der Waals surface area (Å²) in [7, 11) is 1.43. The van der Waals surface area contributed by atoms with Gasteiger partial charge in [-0.05, 0) is 47.9 Å². The molecular weight excluding hydrogens is 524 g/mol. The summed E-state index contributed by atoms with van der Waals surface area (Å²) in [5, 5.41) is 22.4. The van der Waals surface area contributed by atoms with Gasteiger partial charge in [0.25, 0.3) is 11.7 Å². The Hall–Kier alpha value is -4.04. The highest BCUT2D eigenvalue weighted by Crippen LogP contribution is 2.42. The van der Waals surface area contributed by atoms with E-state index in [2.05, 4.69) is 20.9 Å². The Morgan fingerprint density at radius 2 is 1.83 bits per heavy atom. The van der Waals surface area contributed by atoms with Gasteiger partial charge in [0.2, 0.25) is 0 Å². The number of fused-ring (bicyclic) bond motifs is 1. The average Bonchev–Trinajstić information content (AvgIpc) is 3.41. The van der Waals surface area contributed by atoms with Crippen molar-refractivity contribution in [2.75, 3.05) is 13.7 Å². The molecule has 0 radical (unpaired) electrons. The van der Waals surface area contributed by atoms with Crippen LogP contribution < -0.4 is 4.74 Å². The van der Waals surface area contributed by atoms with E-state index >= 15 is 0 Å². The minimum absolute atomic E-state index is 0.00556. The Morgan fingerprint density at radius 3 is 2.58 bits per heavy atom. The van der Waals surface area contributed by atoms with Crippen molar-refractivity contribution in [3.8, 4) is 11.5 Å². The van der Waals surface area contributed by atoms with Crippen LogP contribution in [-0.2, 0) is 16.0 Å². The number of amides is 1. The summed E-state index contributed by atoms with van der Waals surface area (Å²) in [4.78, 5) is 31.2. The Morgan fingerprint density at radius 1 is 1.08 bits per heavy atom. The minimum atomic E-state index is -0.853. The van der Waals surface area contributed by atoms with Crippen LogP contribution in [0.25, 0.3) is 16.7 Å². The van der Waals surface area contributed by atoms with Gasteiger partial charge in [-0.3, -0.25) is 9.59 Å². The number of phenols is 1. The number of likely N-dealkylation sites (tertiary alicyclic amines) is 1. The molecule has 5 rings (SSSR count). The highest BCUT2D eigenvalue weighted by molar-refractivity contribution is 9.10. The van der Waals surface area contributed by atoms with Crippen molar-refractivity contribution in [2.24, 2.45) is 0 Å². The van der Waals surface area contributed by atoms with Gasteiger partial charge >= 0.3 is 0 Å². The van der Waals surface area contributed by atoms with Crippen molar-refractivity contribution in [1.29, 1.82) is 0 Å². The van der Waals surface area contributed by atoms with E-state index in [-0.39, 0.29) is 29.4 Å². The Bertz CT molecular complexity index is 1510. The maximum Gasteiger partial charge on any atom is 0.295 e. The number of carbonyl (C=O) groups excluding carboxylic acids is 2. The molecule has 1 aromatic heterocycles. The highest BCUT2D eigenvalue weighted by atomic mass is 79.9. The van der Waals surface area contributed by atoms with Crippen LogP contribution in [0.5, 0.6) is 11.5 Å². The predicted octanol–water partition coefficient (Wildman–Crippen LogP) is 5.31. The quantitative estimate of drug-likeness (QED) is 0.173. The number of ketones is 1. The van der Waals surface area contributed by atoms with Crippen LogP contribution in [0.2, 0.25) is 0 Å². The number of Topliss-reactive ketones (excluding diaryl/α,β-unsaturated/α-hetero) is 1. The molecule has 0 aliphatic carbocycles. The third-order valence-corrected chi connectivity index (χ3v) is 7.00. The molecule has 1 aliphatic rings. The Balaban J connectivity index is 1.59. The lowest BCUT2D eigenvalue weighted by atomic mass is 9.95. The third kappa shape index (κ3) is 4.13. The summed E-state index contributed by atoms with van der Waals surface area (Å²) in [6.45, 7) is 0.247. The van der Waals surface area contributed by atoms with Crippen LogP contribution in [0.1, 0.15) is 22.7 Å². The summed E-state index contributed by atoms with van der Waals surface area (Å²) in [5.41, 5.74) is 2.96. The number of nitrogens with zero attached hydrogens (tertiary/aromatic N) is 1. The summed E-state index contributed by atoms with van der Waals surface area (Å²) in [6.07, 6.45) is 2.41. The second-order valence-electron chi connectivity index (χ2n) is 8.54. The number of benzene rings is 3. The number of aromatic amines is 1. The second kappa shape index (κ2) is 9.54. The summed E-state index contributed by atoms with van der Waals surface area (Å²) < 4.78 is 6.09. The van der Waals surface area contributed by atoms with Crippen LogP contribution in [0.15, 0.2) is 83.0 Å². The molecule has 8 heteroatoms. The van der Waals surface area contributed by atoms with Gasteiger partial charge in [0.1, 0.15) is 5.76 Å². The molecule has 1 atom stereocenters. The number of rotatable bonds is 6.